The first kappa shape index (κ1) is 16.4. The topological polar surface area (TPSA) is 149 Å². The normalized spacial score (nSPS) is 30.3. The Balaban J connectivity index is 1.86. The number of hydrogen-bond acceptors (Lipinski definition) is 9. The van der Waals surface area contributed by atoms with Crippen LogP contribution in [0.5, 0.6) is 0 Å². The summed E-state index contributed by atoms with van der Waals surface area (Å²) in [5.74, 6) is 0.440. The Morgan fingerprint density at radius 1 is 1.28 bits per heavy atom. The van der Waals surface area contributed by atoms with Crippen molar-refractivity contribution in [1.29, 1.82) is 0 Å². The van der Waals surface area contributed by atoms with Crippen LogP contribution < -0.4 is 15.8 Å². The van der Waals surface area contributed by atoms with E-state index in [1.165, 1.54) is 10.9 Å². The Kier molecular flexibility index (Phi) is 4.17. The van der Waals surface area contributed by atoms with Crippen LogP contribution in [-0.2, 0) is 4.74 Å². The molecule has 4 heterocycles. The standard InChI is InChI=1S/C14H20N6O5/c21-5-7-9(22)10(23)13(25-7)20-11-8(12(24)17-6-16-11)18-14(20)19-3-1-15-2-4-19/h6-7,9-10,13,15,21-23H,1-5H2,(H,16,17,24)/t7-,9+,10+,13+/m0/s1. The second-order valence-electron chi connectivity index (χ2n) is 6.15. The lowest BCUT2D eigenvalue weighted by Crippen LogP contribution is -2.45. The molecule has 4 atom stereocenters. The highest BCUT2D eigenvalue weighted by Gasteiger charge is 2.45. The molecular formula is C14H20N6O5. The number of aliphatic hydroxyl groups excluding tert-OH is 3. The van der Waals surface area contributed by atoms with Gasteiger partial charge in [0.15, 0.2) is 17.4 Å². The van der Waals surface area contributed by atoms with E-state index >= 15 is 0 Å². The molecule has 11 heteroatoms. The number of rotatable bonds is 3. The van der Waals surface area contributed by atoms with Gasteiger partial charge < -0.3 is 35.3 Å². The number of nitrogens with one attached hydrogen (secondary N) is 2. The highest BCUT2D eigenvalue weighted by atomic mass is 16.6. The predicted molar refractivity (Wildman–Crippen MR) is 86.2 cm³/mol. The van der Waals surface area contributed by atoms with Gasteiger partial charge in [-0.25, -0.2) is 9.97 Å². The van der Waals surface area contributed by atoms with Crippen molar-refractivity contribution in [2.24, 2.45) is 0 Å². The number of nitrogens with zero attached hydrogens (tertiary/aromatic N) is 4. The first-order chi connectivity index (χ1) is 12.1. The molecule has 5 N–H and O–H groups in total. The Morgan fingerprint density at radius 2 is 2.04 bits per heavy atom. The molecule has 2 aliphatic rings. The molecule has 2 fully saturated rings. The Bertz CT molecular complexity index is 816. The minimum atomic E-state index is -1.28. The third-order valence-electron chi connectivity index (χ3n) is 4.64. The Labute approximate surface area is 141 Å². The molecule has 2 aromatic rings. The van der Waals surface area contributed by atoms with Gasteiger partial charge in [-0.05, 0) is 0 Å². The van der Waals surface area contributed by atoms with Gasteiger partial charge in [0.1, 0.15) is 18.3 Å². The zero-order valence-electron chi connectivity index (χ0n) is 13.4. The molecule has 0 bridgehead atoms. The SMILES string of the molecule is O=c1[nH]cnc2c1nc(N1CCNCC1)n2[C@@H]1O[C@@H](CO)[C@@H](O)[C@H]1O. The molecule has 0 aromatic carbocycles. The van der Waals surface area contributed by atoms with Gasteiger partial charge in [-0.15, -0.1) is 0 Å². The maximum atomic E-state index is 12.1. The summed E-state index contributed by atoms with van der Waals surface area (Å²) in [7, 11) is 0. The summed E-state index contributed by atoms with van der Waals surface area (Å²) in [5.41, 5.74) is -0.00669. The Hall–Kier alpha value is -2.05. The van der Waals surface area contributed by atoms with Gasteiger partial charge >= 0.3 is 0 Å². The van der Waals surface area contributed by atoms with E-state index in [0.717, 1.165) is 13.1 Å². The number of hydrogen-bond donors (Lipinski definition) is 5. The summed E-state index contributed by atoms with van der Waals surface area (Å²) < 4.78 is 7.16. The maximum Gasteiger partial charge on any atom is 0.278 e. The highest BCUT2D eigenvalue weighted by Crippen LogP contribution is 2.34. The van der Waals surface area contributed by atoms with Crippen molar-refractivity contribution < 1.29 is 20.1 Å². The van der Waals surface area contributed by atoms with Gasteiger partial charge in [0.2, 0.25) is 5.95 Å². The lowest BCUT2D eigenvalue weighted by atomic mass is 10.1. The van der Waals surface area contributed by atoms with E-state index in [9.17, 15) is 20.1 Å². The number of aromatic amines is 1. The predicted octanol–water partition coefficient (Wildman–Crippen LogP) is -2.86. The number of ether oxygens (including phenoxy) is 1. The van der Waals surface area contributed by atoms with Crippen LogP contribution in [0.4, 0.5) is 5.95 Å². The maximum absolute atomic E-state index is 12.1. The molecule has 0 saturated carbocycles. The number of fused-ring (bicyclic) bond motifs is 1. The van der Waals surface area contributed by atoms with Crippen molar-refractivity contribution in [3.63, 3.8) is 0 Å². The van der Waals surface area contributed by atoms with Crippen LogP contribution in [0.3, 0.4) is 0 Å². The van der Waals surface area contributed by atoms with Crippen LogP contribution in [0.15, 0.2) is 11.1 Å². The zero-order chi connectivity index (χ0) is 17.6. The van der Waals surface area contributed by atoms with Crippen LogP contribution in [0.2, 0.25) is 0 Å². The average molecular weight is 352 g/mol. The molecule has 11 nitrogen and oxygen atoms in total. The summed E-state index contributed by atoms with van der Waals surface area (Å²) in [6.07, 6.45) is -3.19. The quantitative estimate of drug-likeness (QED) is 0.393. The van der Waals surface area contributed by atoms with Gasteiger partial charge in [0, 0.05) is 26.2 Å². The number of H-pyrrole nitrogens is 1. The van der Waals surface area contributed by atoms with Gasteiger partial charge in [-0.2, -0.15) is 0 Å². The molecule has 4 rings (SSSR count). The minimum Gasteiger partial charge on any atom is -0.394 e. The summed E-state index contributed by atoms with van der Waals surface area (Å²) in [5, 5.41) is 33.0. The lowest BCUT2D eigenvalue weighted by Gasteiger charge is -2.30. The second-order valence-corrected chi connectivity index (χ2v) is 6.15. The van der Waals surface area contributed by atoms with Gasteiger partial charge in [0.25, 0.3) is 5.56 Å². The average Bonchev–Trinajstić information content (AvgIpc) is 3.15. The van der Waals surface area contributed by atoms with Crippen molar-refractivity contribution in [3.8, 4) is 0 Å². The molecular weight excluding hydrogens is 332 g/mol. The summed E-state index contributed by atoms with van der Waals surface area (Å²) in [4.78, 5) is 25.2. The second kappa shape index (κ2) is 6.35. The number of aliphatic hydroxyl groups is 3. The smallest absolute Gasteiger partial charge is 0.278 e. The molecule has 136 valence electrons. The van der Waals surface area contributed by atoms with E-state index in [1.54, 1.807) is 0 Å². The fourth-order valence-corrected chi connectivity index (χ4v) is 3.32. The van der Waals surface area contributed by atoms with Crippen LogP contribution in [0.25, 0.3) is 11.2 Å². The lowest BCUT2D eigenvalue weighted by molar-refractivity contribution is -0.0504. The molecule has 0 aliphatic carbocycles. The van der Waals surface area contributed by atoms with E-state index in [1.807, 2.05) is 4.90 Å². The van der Waals surface area contributed by atoms with Crippen molar-refractivity contribution >= 4 is 17.1 Å². The van der Waals surface area contributed by atoms with Gasteiger partial charge in [0.05, 0.1) is 12.9 Å². The fraction of sp³-hybridized carbons (Fsp3) is 0.643. The zero-order valence-corrected chi connectivity index (χ0v) is 13.4. The van der Waals surface area contributed by atoms with Crippen molar-refractivity contribution in [2.75, 3.05) is 37.7 Å². The summed E-state index contributed by atoms with van der Waals surface area (Å²) in [6.45, 7) is 2.40. The van der Waals surface area contributed by atoms with Crippen LogP contribution in [0.1, 0.15) is 6.23 Å². The molecule has 2 aromatic heterocycles. The van der Waals surface area contributed by atoms with Crippen molar-refractivity contribution in [1.82, 2.24) is 24.8 Å². The number of aromatic nitrogens is 4. The summed E-state index contributed by atoms with van der Waals surface area (Å²) >= 11 is 0. The van der Waals surface area contributed by atoms with E-state index in [2.05, 4.69) is 20.3 Å². The number of piperazine rings is 1. The molecule has 0 spiro atoms. The molecule has 2 aliphatic heterocycles. The molecule has 0 unspecified atom stereocenters. The van der Waals surface area contributed by atoms with Crippen molar-refractivity contribution in [3.05, 3.63) is 16.7 Å². The number of imidazole rings is 1. The van der Waals surface area contributed by atoms with Gasteiger partial charge in [-0.1, -0.05) is 0 Å². The molecule has 0 amide bonds. The first-order valence-corrected chi connectivity index (χ1v) is 8.15. The third-order valence-corrected chi connectivity index (χ3v) is 4.64. The van der Waals surface area contributed by atoms with E-state index in [4.69, 9.17) is 4.74 Å². The van der Waals surface area contributed by atoms with E-state index < -0.39 is 36.7 Å². The molecule has 0 radical (unpaired) electrons. The van der Waals surface area contributed by atoms with Crippen LogP contribution in [0, 0.1) is 0 Å². The monoisotopic (exact) mass is 352 g/mol. The van der Waals surface area contributed by atoms with E-state index in [-0.39, 0.29) is 11.2 Å². The minimum absolute atomic E-state index is 0.133. The molecule has 25 heavy (non-hydrogen) atoms. The highest BCUT2D eigenvalue weighted by molar-refractivity contribution is 5.74. The van der Waals surface area contributed by atoms with Crippen molar-refractivity contribution in [2.45, 2.75) is 24.5 Å². The largest absolute Gasteiger partial charge is 0.394 e. The fourth-order valence-electron chi connectivity index (χ4n) is 3.32. The van der Waals surface area contributed by atoms with Gasteiger partial charge in [-0.3, -0.25) is 9.36 Å². The Morgan fingerprint density at radius 3 is 2.72 bits per heavy atom. The third kappa shape index (κ3) is 2.60. The van der Waals surface area contributed by atoms with Crippen LogP contribution >= 0.6 is 0 Å². The van der Waals surface area contributed by atoms with E-state index in [0.29, 0.717) is 19.0 Å². The first-order valence-electron chi connectivity index (χ1n) is 8.15. The number of anilines is 1. The van der Waals surface area contributed by atoms with Crippen LogP contribution in [-0.4, -0.2) is 85.9 Å². The summed E-state index contributed by atoms with van der Waals surface area (Å²) in [6, 6.07) is 0. The molecule has 2 saturated heterocycles.